The van der Waals surface area contributed by atoms with Gasteiger partial charge in [-0.05, 0) is 36.1 Å². The minimum absolute atomic E-state index is 0.00928. The van der Waals surface area contributed by atoms with Crippen molar-refractivity contribution in [1.29, 1.82) is 0 Å². The predicted octanol–water partition coefficient (Wildman–Crippen LogP) is 3.18. The summed E-state index contributed by atoms with van der Waals surface area (Å²) in [5.74, 6) is 0.174. The summed E-state index contributed by atoms with van der Waals surface area (Å²) in [6.07, 6.45) is 2.28. The fourth-order valence-electron chi connectivity index (χ4n) is 2.26. The van der Waals surface area contributed by atoms with E-state index in [0.717, 1.165) is 12.0 Å². The van der Waals surface area contributed by atoms with Crippen molar-refractivity contribution in [2.24, 2.45) is 5.92 Å². The van der Waals surface area contributed by atoms with Crippen LogP contribution in [0.5, 0.6) is 5.88 Å². The van der Waals surface area contributed by atoms with E-state index in [4.69, 9.17) is 16.7 Å². The van der Waals surface area contributed by atoms with Gasteiger partial charge in [-0.2, -0.15) is 0 Å². The molecule has 5 heteroatoms. The van der Waals surface area contributed by atoms with Crippen molar-refractivity contribution in [2.75, 3.05) is 5.32 Å². The number of hydrogen-bond donors (Lipinski definition) is 2. The predicted molar refractivity (Wildman–Crippen MR) is 76.8 cm³/mol. The van der Waals surface area contributed by atoms with E-state index in [1.807, 2.05) is 24.3 Å². The van der Waals surface area contributed by atoms with Crippen molar-refractivity contribution < 1.29 is 9.90 Å². The Bertz CT molecular complexity index is 625. The molecule has 2 atom stereocenters. The molecule has 0 aliphatic heterocycles. The molecular formula is C15H13ClN2O2. The minimum atomic E-state index is -0.0616. The lowest BCUT2D eigenvalue weighted by atomic mass is 10.1. The second-order valence-electron chi connectivity index (χ2n) is 4.89. The number of hydrogen-bond acceptors (Lipinski definition) is 3. The van der Waals surface area contributed by atoms with Crippen LogP contribution in [0.3, 0.4) is 0 Å². The molecule has 1 heterocycles. The molecule has 102 valence electrons. The number of aromatic hydroxyl groups is 1. The largest absolute Gasteiger partial charge is 0.493 e. The summed E-state index contributed by atoms with van der Waals surface area (Å²) in [4.78, 5) is 15.8. The number of carbonyl (C=O) groups is 1. The van der Waals surface area contributed by atoms with Crippen molar-refractivity contribution >= 4 is 23.2 Å². The lowest BCUT2D eigenvalue weighted by Crippen LogP contribution is -2.14. The smallest absolute Gasteiger partial charge is 0.228 e. The summed E-state index contributed by atoms with van der Waals surface area (Å²) in [7, 11) is 0. The zero-order valence-electron chi connectivity index (χ0n) is 10.6. The van der Waals surface area contributed by atoms with Crippen LogP contribution in [0, 0.1) is 5.92 Å². The van der Waals surface area contributed by atoms with E-state index in [-0.39, 0.29) is 23.6 Å². The zero-order chi connectivity index (χ0) is 14.1. The molecule has 20 heavy (non-hydrogen) atoms. The Balaban J connectivity index is 1.62. The first-order valence-corrected chi connectivity index (χ1v) is 6.72. The third-order valence-corrected chi connectivity index (χ3v) is 3.69. The molecule has 4 nitrogen and oxygen atoms in total. The van der Waals surface area contributed by atoms with E-state index in [1.54, 1.807) is 6.07 Å². The molecule has 0 bridgehead atoms. The number of nitrogens with zero attached hydrogens (tertiary/aromatic N) is 1. The quantitative estimate of drug-likeness (QED) is 0.912. The van der Waals surface area contributed by atoms with Crippen molar-refractivity contribution in [1.82, 2.24) is 4.98 Å². The monoisotopic (exact) mass is 288 g/mol. The van der Waals surface area contributed by atoms with Gasteiger partial charge in [-0.25, -0.2) is 4.98 Å². The SMILES string of the molecule is O=C(Nc1ccc(O)nc1)C1CC1c1ccc(Cl)cc1. The van der Waals surface area contributed by atoms with Crippen molar-refractivity contribution in [3.8, 4) is 5.88 Å². The topological polar surface area (TPSA) is 62.2 Å². The van der Waals surface area contributed by atoms with Gasteiger partial charge in [0.05, 0.1) is 11.9 Å². The van der Waals surface area contributed by atoms with Crippen molar-refractivity contribution in [2.45, 2.75) is 12.3 Å². The Morgan fingerprint density at radius 3 is 2.65 bits per heavy atom. The van der Waals surface area contributed by atoms with Crippen LogP contribution in [0.15, 0.2) is 42.6 Å². The van der Waals surface area contributed by atoms with E-state index >= 15 is 0 Å². The van der Waals surface area contributed by atoms with Gasteiger partial charge in [-0.1, -0.05) is 23.7 Å². The molecule has 2 aromatic rings. The zero-order valence-corrected chi connectivity index (χ0v) is 11.3. The lowest BCUT2D eigenvalue weighted by molar-refractivity contribution is -0.117. The van der Waals surface area contributed by atoms with Gasteiger partial charge < -0.3 is 10.4 Å². The van der Waals surface area contributed by atoms with Gasteiger partial charge in [0.25, 0.3) is 0 Å². The molecule has 3 rings (SSSR count). The first-order chi connectivity index (χ1) is 9.63. The molecule has 0 spiro atoms. The Morgan fingerprint density at radius 2 is 2.00 bits per heavy atom. The van der Waals surface area contributed by atoms with E-state index < -0.39 is 0 Å². The molecule has 2 N–H and O–H groups in total. The van der Waals surface area contributed by atoms with E-state index in [9.17, 15) is 4.79 Å². The molecule has 2 unspecified atom stereocenters. The molecule has 1 aromatic carbocycles. The molecule has 1 aliphatic carbocycles. The van der Waals surface area contributed by atoms with Crippen LogP contribution in [0.2, 0.25) is 5.02 Å². The van der Waals surface area contributed by atoms with E-state index in [1.165, 1.54) is 12.3 Å². The van der Waals surface area contributed by atoms with Crippen LogP contribution in [-0.2, 0) is 4.79 Å². The number of rotatable bonds is 3. The lowest BCUT2D eigenvalue weighted by Gasteiger charge is -2.04. The molecule has 1 saturated carbocycles. The summed E-state index contributed by atoms with van der Waals surface area (Å²) < 4.78 is 0. The number of halogens is 1. The highest BCUT2D eigenvalue weighted by Gasteiger charge is 2.43. The highest BCUT2D eigenvalue weighted by atomic mass is 35.5. The second-order valence-corrected chi connectivity index (χ2v) is 5.33. The minimum Gasteiger partial charge on any atom is -0.493 e. The number of aromatic nitrogens is 1. The second kappa shape index (κ2) is 5.13. The molecule has 1 amide bonds. The van der Waals surface area contributed by atoms with Crippen LogP contribution in [0.4, 0.5) is 5.69 Å². The van der Waals surface area contributed by atoms with Crippen LogP contribution < -0.4 is 5.32 Å². The molecule has 0 radical (unpaired) electrons. The number of carbonyl (C=O) groups excluding carboxylic acids is 1. The van der Waals surface area contributed by atoms with Crippen molar-refractivity contribution in [3.05, 3.63) is 53.2 Å². The average Bonchev–Trinajstić information content (AvgIpc) is 3.23. The number of anilines is 1. The van der Waals surface area contributed by atoms with Gasteiger partial charge in [0, 0.05) is 17.0 Å². The molecule has 1 aliphatic rings. The standard InChI is InChI=1S/C15H13ClN2O2/c16-10-3-1-9(2-4-10)12-7-13(12)15(20)18-11-5-6-14(19)17-8-11/h1-6,8,12-13H,7H2,(H,17,19)(H,18,20). The van der Waals surface area contributed by atoms with Crippen LogP contribution in [0.25, 0.3) is 0 Å². The Hall–Kier alpha value is -2.07. The van der Waals surface area contributed by atoms with Gasteiger partial charge in [-0.15, -0.1) is 0 Å². The summed E-state index contributed by atoms with van der Waals surface area (Å²) in [6, 6.07) is 10.7. The number of pyridine rings is 1. The van der Waals surface area contributed by atoms with E-state index in [0.29, 0.717) is 10.7 Å². The third kappa shape index (κ3) is 2.75. The highest BCUT2D eigenvalue weighted by molar-refractivity contribution is 6.30. The maximum atomic E-state index is 12.1. The molecule has 1 aromatic heterocycles. The summed E-state index contributed by atoms with van der Waals surface area (Å²) >= 11 is 5.85. The summed E-state index contributed by atoms with van der Waals surface area (Å²) in [6.45, 7) is 0. The maximum absolute atomic E-state index is 12.1. The third-order valence-electron chi connectivity index (χ3n) is 3.44. The Kier molecular flexibility index (Phi) is 3.32. The normalized spacial score (nSPS) is 20.4. The first-order valence-electron chi connectivity index (χ1n) is 6.35. The van der Waals surface area contributed by atoms with Crippen LogP contribution >= 0.6 is 11.6 Å². The molecule has 1 fully saturated rings. The summed E-state index contributed by atoms with van der Waals surface area (Å²) in [5, 5.41) is 12.6. The van der Waals surface area contributed by atoms with Crippen LogP contribution in [0.1, 0.15) is 17.9 Å². The van der Waals surface area contributed by atoms with Gasteiger partial charge >= 0.3 is 0 Å². The van der Waals surface area contributed by atoms with E-state index in [2.05, 4.69) is 10.3 Å². The number of nitrogens with one attached hydrogen (secondary N) is 1. The van der Waals surface area contributed by atoms with Gasteiger partial charge in [-0.3, -0.25) is 4.79 Å². The van der Waals surface area contributed by atoms with Gasteiger partial charge in [0.2, 0.25) is 11.8 Å². The number of amides is 1. The van der Waals surface area contributed by atoms with Crippen LogP contribution in [-0.4, -0.2) is 16.0 Å². The van der Waals surface area contributed by atoms with Gasteiger partial charge in [0.15, 0.2) is 0 Å². The fraction of sp³-hybridized carbons (Fsp3) is 0.200. The molecular weight excluding hydrogens is 276 g/mol. The Labute approximate surface area is 121 Å². The maximum Gasteiger partial charge on any atom is 0.228 e. The molecule has 0 saturated heterocycles. The average molecular weight is 289 g/mol. The Morgan fingerprint density at radius 1 is 1.25 bits per heavy atom. The van der Waals surface area contributed by atoms with Gasteiger partial charge in [0.1, 0.15) is 0 Å². The first kappa shape index (κ1) is 12.9. The summed E-state index contributed by atoms with van der Waals surface area (Å²) in [5.41, 5.74) is 1.73. The van der Waals surface area contributed by atoms with Crippen molar-refractivity contribution in [3.63, 3.8) is 0 Å². The highest BCUT2D eigenvalue weighted by Crippen LogP contribution is 2.48. The number of benzene rings is 1. The fourth-order valence-corrected chi connectivity index (χ4v) is 2.38.